The zero-order chi connectivity index (χ0) is 33.5. The number of ether oxygens (including phenoxy) is 4. The molecule has 0 radical (unpaired) electrons. The minimum atomic E-state index is -1.05. The highest BCUT2D eigenvalue weighted by Crippen LogP contribution is 2.31. The van der Waals surface area contributed by atoms with Crippen LogP contribution in [0.15, 0.2) is 24.3 Å². The van der Waals surface area contributed by atoms with E-state index in [4.69, 9.17) is 23.9 Å². The summed E-state index contributed by atoms with van der Waals surface area (Å²) in [5.74, 6) is -0.491. The fourth-order valence-electron chi connectivity index (χ4n) is 4.33. The second-order valence-corrected chi connectivity index (χ2v) is 11.1. The summed E-state index contributed by atoms with van der Waals surface area (Å²) in [6, 6.07) is 7.45. The lowest BCUT2D eigenvalue weighted by Crippen LogP contribution is -2.35. The van der Waals surface area contributed by atoms with E-state index < -0.39 is 17.4 Å². The molecular weight excluding hydrogens is 600 g/mol. The largest absolute Gasteiger partial charge is 0.389 e. The van der Waals surface area contributed by atoms with E-state index in [9.17, 15) is 24.3 Å². The van der Waals surface area contributed by atoms with Gasteiger partial charge in [0.05, 0.1) is 56.2 Å². The van der Waals surface area contributed by atoms with Crippen LogP contribution in [0.3, 0.4) is 0 Å². The second-order valence-electron chi connectivity index (χ2n) is 11.1. The zero-order valence-corrected chi connectivity index (χ0v) is 26.8. The van der Waals surface area contributed by atoms with Gasteiger partial charge in [-0.25, -0.2) is 9.97 Å². The van der Waals surface area contributed by atoms with Crippen molar-refractivity contribution in [2.45, 2.75) is 52.9 Å². The van der Waals surface area contributed by atoms with Crippen molar-refractivity contribution < 1.29 is 43.2 Å². The van der Waals surface area contributed by atoms with E-state index >= 15 is 0 Å². The van der Waals surface area contributed by atoms with Crippen LogP contribution in [0.25, 0.3) is 21.9 Å². The first kappa shape index (κ1) is 36.4. The van der Waals surface area contributed by atoms with Gasteiger partial charge in [-0.15, -0.1) is 0 Å². The third-order valence-electron chi connectivity index (χ3n) is 6.36. The van der Waals surface area contributed by atoms with E-state index in [0.717, 1.165) is 5.39 Å². The summed E-state index contributed by atoms with van der Waals surface area (Å²) in [5, 5.41) is 19.3. The van der Waals surface area contributed by atoms with Gasteiger partial charge in [0, 0.05) is 25.0 Å². The van der Waals surface area contributed by atoms with Gasteiger partial charge in [0.15, 0.2) is 5.82 Å². The number of nitrogens with one attached hydrogen (secondary N) is 3. The first-order valence-corrected chi connectivity index (χ1v) is 15.1. The molecule has 46 heavy (non-hydrogen) atoms. The van der Waals surface area contributed by atoms with E-state index in [-0.39, 0.29) is 89.8 Å². The van der Waals surface area contributed by atoms with Crippen molar-refractivity contribution >= 4 is 51.3 Å². The monoisotopic (exact) mass is 644 g/mol. The Balaban J connectivity index is 1.46. The summed E-state index contributed by atoms with van der Waals surface area (Å²) < 4.78 is 23.3. The van der Waals surface area contributed by atoms with Crippen molar-refractivity contribution in [1.29, 1.82) is 0 Å². The summed E-state index contributed by atoms with van der Waals surface area (Å²) in [6.07, 6.45) is 0.279. The fourth-order valence-corrected chi connectivity index (χ4v) is 4.33. The van der Waals surface area contributed by atoms with E-state index in [1.807, 2.05) is 35.8 Å². The molecule has 0 saturated carbocycles. The Morgan fingerprint density at radius 1 is 0.891 bits per heavy atom. The summed E-state index contributed by atoms with van der Waals surface area (Å²) in [4.78, 5) is 56.8. The number of benzene rings is 1. The van der Waals surface area contributed by atoms with Crippen LogP contribution >= 0.6 is 0 Å². The van der Waals surface area contributed by atoms with Gasteiger partial charge in [0.1, 0.15) is 36.9 Å². The average molecular weight is 645 g/mol. The second kappa shape index (κ2) is 18.2. The predicted octanol–water partition coefficient (Wildman–Crippen LogP) is 1.09. The molecule has 0 saturated heterocycles. The van der Waals surface area contributed by atoms with Crippen LogP contribution in [0.2, 0.25) is 0 Å². The number of pyridine rings is 1. The standard InChI is InChI=1S/C31H44N6O9/c1-5-43-17-24-35-28-29(37(24)20-31(3,4)42)22-8-6-7-9-23(22)34-30(28)36-25(39)16-33-27(41)19-46-15-13-44-12-14-45-18-26(40)32-11-10-21(2)38/h6-9,42H,5,10-20H2,1-4H3,(H,32,40)(H,33,41)(H,34,36,39). The Labute approximate surface area is 267 Å². The number of para-hydroxylation sites is 1. The highest BCUT2D eigenvalue weighted by atomic mass is 16.5. The number of Topliss-reactive ketones (excluding diaryl/α,β-unsaturated/α-hetero) is 1. The molecule has 0 unspecified atom stereocenters. The number of rotatable bonds is 21. The molecule has 0 aliphatic rings. The van der Waals surface area contributed by atoms with Crippen LogP contribution in [-0.4, -0.2) is 108 Å². The number of hydrogen-bond acceptors (Lipinski definition) is 11. The van der Waals surface area contributed by atoms with Crippen molar-refractivity contribution in [2.24, 2.45) is 0 Å². The molecule has 15 heteroatoms. The predicted molar refractivity (Wildman–Crippen MR) is 169 cm³/mol. The van der Waals surface area contributed by atoms with E-state index in [1.54, 1.807) is 13.8 Å². The molecule has 3 aromatic rings. The smallest absolute Gasteiger partial charge is 0.246 e. The van der Waals surface area contributed by atoms with Gasteiger partial charge >= 0.3 is 0 Å². The molecule has 0 aliphatic carbocycles. The van der Waals surface area contributed by atoms with Gasteiger partial charge < -0.3 is 44.6 Å². The molecule has 0 bridgehead atoms. The molecule has 15 nitrogen and oxygen atoms in total. The van der Waals surface area contributed by atoms with E-state index in [0.29, 0.717) is 29.0 Å². The van der Waals surface area contributed by atoms with Crippen LogP contribution in [-0.2, 0) is 51.3 Å². The maximum absolute atomic E-state index is 12.8. The number of fused-ring (bicyclic) bond motifs is 3. The van der Waals surface area contributed by atoms with Crippen LogP contribution in [0.1, 0.15) is 39.9 Å². The van der Waals surface area contributed by atoms with Crippen LogP contribution in [0.4, 0.5) is 5.82 Å². The summed E-state index contributed by atoms with van der Waals surface area (Å²) in [7, 11) is 0. The Hall–Kier alpha value is -4.02. The Morgan fingerprint density at radius 2 is 1.54 bits per heavy atom. The summed E-state index contributed by atoms with van der Waals surface area (Å²) in [6.45, 7) is 8.01. The highest BCUT2D eigenvalue weighted by Gasteiger charge is 2.24. The third kappa shape index (κ3) is 12.1. The molecule has 1 aromatic carbocycles. The van der Waals surface area contributed by atoms with Gasteiger partial charge in [0.25, 0.3) is 0 Å². The van der Waals surface area contributed by atoms with Crippen LogP contribution in [0, 0.1) is 0 Å². The third-order valence-corrected chi connectivity index (χ3v) is 6.36. The quantitative estimate of drug-likeness (QED) is 0.121. The van der Waals surface area contributed by atoms with Crippen molar-refractivity contribution in [2.75, 3.05) is 64.7 Å². The molecule has 252 valence electrons. The van der Waals surface area contributed by atoms with Crippen molar-refractivity contribution in [3.63, 3.8) is 0 Å². The molecule has 0 aliphatic heterocycles. The van der Waals surface area contributed by atoms with Crippen molar-refractivity contribution in [3.8, 4) is 0 Å². The first-order valence-electron chi connectivity index (χ1n) is 15.1. The van der Waals surface area contributed by atoms with Crippen molar-refractivity contribution in [3.05, 3.63) is 30.1 Å². The number of carbonyl (C=O) groups excluding carboxylic acids is 4. The number of aliphatic hydroxyl groups is 1. The lowest BCUT2D eigenvalue weighted by Gasteiger charge is -2.20. The molecule has 3 rings (SSSR count). The van der Waals surface area contributed by atoms with E-state index in [1.165, 1.54) is 6.92 Å². The Bertz CT molecular complexity index is 1480. The molecule has 3 amide bonds. The zero-order valence-electron chi connectivity index (χ0n) is 26.8. The molecule has 2 aromatic heterocycles. The van der Waals surface area contributed by atoms with Crippen LogP contribution < -0.4 is 16.0 Å². The van der Waals surface area contributed by atoms with Gasteiger partial charge in [0.2, 0.25) is 17.7 Å². The lowest BCUT2D eigenvalue weighted by molar-refractivity contribution is -0.128. The minimum absolute atomic E-state index is 0.00258. The number of anilines is 1. The first-order chi connectivity index (χ1) is 22.0. The molecule has 0 fully saturated rings. The minimum Gasteiger partial charge on any atom is -0.389 e. The van der Waals surface area contributed by atoms with Gasteiger partial charge in [-0.05, 0) is 33.8 Å². The van der Waals surface area contributed by atoms with Gasteiger partial charge in [-0.2, -0.15) is 0 Å². The number of amides is 3. The van der Waals surface area contributed by atoms with Crippen molar-refractivity contribution in [1.82, 2.24) is 25.2 Å². The molecule has 4 N–H and O–H groups in total. The van der Waals surface area contributed by atoms with Gasteiger partial charge in [-0.1, -0.05) is 18.2 Å². The van der Waals surface area contributed by atoms with Gasteiger partial charge in [-0.3, -0.25) is 19.2 Å². The topological polar surface area (TPSA) is 192 Å². The van der Waals surface area contributed by atoms with E-state index in [2.05, 4.69) is 20.9 Å². The maximum atomic E-state index is 12.8. The number of aromatic nitrogens is 3. The SMILES string of the molecule is CCOCc1nc2c(NC(=O)CNC(=O)COCCOCCOCC(=O)NCCC(C)=O)nc3ccccc3c2n1CC(C)(C)O. The molecule has 0 spiro atoms. The molecular formula is C31H44N6O9. The number of nitrogens with zero attached hydrogens (tertiary/aromatic N) is 3. The fraction of sp³-hybridized carbons (Fsp3) is 0.548. The Morgan fingerprint density at radius 3 is 2.20 bits per heavy atom. The summed E-state index contributed by atoms with van der Waals surface area (Å²) >= 11 is 0. The number of imidazole rings is 1. The number of hydrogen-bond donors (Lipinski definition) is 4. The Kier molecular flexibility index (Phi) is 14.4. The van der Waals surface area contributed by atoms with Crippen LogP contribution in [0.5, 0.6) is 0 Å². The average Bonchev–Trinajstić information content (AvgIpc) is 3.35. The molecule has 0 atom stereocenters. The number of carbonyl (C=O) groups is 4. The molecule has 2 heterocycles. The maximum Gasteiger partial charge on any atom is 0.246 e. The summed E-state index contributed by atoms with van der Waals surface area (Å²) in [5.41, 5.74) is 0.727. The lowest BCUT2D eigenvalue weighted by atomic mass is 10.1. The highest BCUT2D eigenvalue weighted by molar-refractivity contribution is 6.10. The number of ketones is 1. The normalized spacial score (nSPS) is 11.6.